The average molecular weight is 398 g/mol. The van der Waals surface area contributed by atoms with Crippen LogP contribution in [0.25, 0.3) is 6.08 Å². The molecule has 0 atom stereocenters. The van der Waals surface area contributed by atoms with E-state index in [2.05, 4.69) is 16.2 Å². The average Bonchev–Trinajstić information content (AvgIpc) is 3.25. The van der Waals surface area contributed by atoms with Crippen molar-refractivity contribution in [1.82, 2.24) is 10.9 Å². The molecule has 6 nitrogen and oxygen atoms in total. The largest absolute Gasteiger partial charge is 0.326 e. The van der Waals surface area contributed by atoms with E-state index in [9.17, 15) is 14.4 Å². The van der Waals surface area contributed by atoms with Gasteiger partial charge in [-0.1, -0.05) is 25.3 Å². The molecule has 0 bridgehead atoms. The smallest absolute Gasteiger partial charge is 0.269 e. The van der Waals surface area contributed by atoms with Crippen molar-refractivity contribution >= 4 is 40.8 Å². The molecular weight excluding hydrogens is 374 g/mol. The Morgan fingerprint density at radius 2 is 1.71 bits per heavy atom. The quantitative estimate of drug-likeness (QED) is 0.530. The van der Waals surface area contributed by atoms with E-state index in [4.69, 9.17) is 0 Å². The minimum Gasteiger partial charge on any atom is -0.326 e. The van der Waals surface area contributed by atoms with Crippen molar-refractivity contribution in [2.45, 2.75) is 32.1 Å². The fourth-order valence-corrected chi connectivity index (χ4v) is 3.71. The summed E-state index contributed by atoms with van der Waals surface area (Å²) in [6.07, 6.45) is 8.32. The van der Waals surface area contributed by atoms with Gasteiger partial charge in [0.2, 0.25) is 5.91 Å². The Hall–Kier alpha value is -2.93. The summed E-state index contributed by atoms with van der Waals surface area (Å²) in [7, 11) is 0. The van der Waals surface area contributed by atoms with Gasteiger partial charge in [-0.3, -0.25) is 25.2 Å². The Morgan fingerprint density at radius 3 is 2.39 bits per heavy atom. The van der Waals surface area contributed by atoms with E-state index in [-0.39, 0.29) is 11.8 Å². The highest BCUT2D eigenvalue weighted by atomic mass is 32.1. The minimum atomic E-state index is -0.428. The number of nitrogens with one attached hydrogen (secondary N) is 3. The molecule has 3 N–H and O–H groups in total. The number of amides is 3. The molecule has 1 aromatic heterocycles. The van der Waals surface area contributed by atoms with Crippen LogP contribution in [0.1, 0.15) is 47.3 Å². The van der Waals surface area contributed by atoms with E-state index >= 15 is 0 Å². The molecule has 1 heterocycles. The molecule has 1 fully saturated rings. The monoisotopic (exact) mass is 397 g/mol. The second-order valence-corrected chi connectivity index (χ2v) is 7.67. The molecule has 1 aliphatic rings. The zero-order valence-corrected chi connectivity index (χ0v) is 16.3. The third kappa shape index (κ3) is 5.79. The topological polar surface area (TPSA) is 87.3 Å². The molecule has 146 valence electrons. The summed E-state index contributed by atoms with van der Waals surface area (Å²) in [6, 6.07) is 10.4. The highest BCUT2D eigenvalue weighted by molar-refractivity contribution is 7.10. The maximum Gasteiger partial charge on any atom is 0.269 e. The van der Waals surface area contributed by atoms with Crippen LogP contribution in [0.15, 0.2) is 47.9 Å². The Kier molecular flexibility index (Phi) is 6.97. The van der Waals surface area contributed by atoms with Crippen LogP contribution in [0.5, 0.6) is 0 Å². The number of hydrazine groups is 1. The number of carbonyl (C=O) groups excluding carboxylic acids is 3. The van der Waals surface area contributed by atoms with Gasteiger partial charge in [-0.15, -0.1) is 11.3 Å². The van der Waals surface area contributed by atoms with Gasteiger partial charge in [-0.25, -0.2) is 0 Å². The van der Waals surface area contributed by atoms with Gasteiger partial charge in [0, 0.05) is 28.1 Å². The molecule has 1 aliphatic carbocycles. The van der Waals surface area contributed by atoms with Gasteiger partial charge in [0.1, 0.15) is 0 Å². The first-order valence-electron chi connectivity index (χ1n) is 9.34. The van der Waals surface area contributed by atoms with E-state index in [1.165, 1.54) is 23.8 Å². The first-order valence-corrected chi connectivity index (χ1v) is 10.2. The van der Waals surface area contributed by atoms with E-state index in [1.807, 2.05) is 17.5 Å². The lowest BCUT2D eigenvalue weighted by atomic mass is 9.88. The van der Waals surface area contributed by atoms with Crippen molar-refractivity contribution in [2.75, 3.05) is 5.32 Å². The van der Waals surface area contributed by atoms with E-state index in [1.54, 1.807) is 30.3 Å². The van der Waals surface area contributed by atoms with Crippen molar-refractivity contribution in [3.8, 4) is 0 Å². The second-order valence-electron chi connectivity index (χ2n) is 6.69. The van der Waals surface area contributed by atoms with Gasteiger partial charge >= 0.3 is 0 Å². The number of hydrogen-bond donors (Lipinski definition) is 3. The van der Waals surface area contributed by atoms with Crippen LogP contribution in [-0.4, -0.2) is 17.7 Å². The Bertz CT molecular complexity index is 838. The molecule has 2 aromatic rings. The van der Waals surface area contributed by atoms with Crippen molar-refractivity contribution in [2.24, 2.45) is 5.92 Å². The molecule has 28 heavy (non-hydrogen) atoms. The Balaban J connectivity index is 1.46. The van der Waals surface area contributed by atoms with Crippen molar-refractivity contribution in [3.05, 3.63) is 58.3 Å². The molecule has 3 rings (SSSR count). The predicted octanol–water partition coefficient (Wildman–Crippen LogP) is 3.74. The fourth-order valence-electron chi connectivity index (χ4n) is 3.09. The SMILES string of the molecule is O=C(C=Cc1cccs1)NNC(=O)c1ccc(NC(=O)C2CCCCC2)cc1. The zero-order chi connectivity index (χ0) is 19.8. The van der Waals surface area contributed by atoms with Crippen LogP contribution >= 0.6 is 11.3 Å². The van der Waals surface area contributed by atoms with Crippen LogP contribution in [-0.2, 0) is 9.59 Å². The maximum atomic E-state index is 12.3. The fraction of sp³-hybridized carbons (Fsp3) is 0.286. The summed E-state index contributed by atoms with van der Waals surface area (Å²) < 4.78 is 0. The summed E-state index contributed by atoms with van der Waals surface area (Å²) in [6.45, 7) is 0. The lowest BCUT2D eigenvalue weighted by Gasteiger charge is -2.20. The standard InChI is InChI=1S/C21H23N3O3S/c25-19(13-12-18-7-4-14-28-18)23-24-21(27)16-8-10-17(11-9-16)22-20(26)15-5-2-1-3-6-15/h4,7-15H,1-3,5-6H2,(H,22,26)(H,23,25)(H,24,27). The lowest BCUT2D eigenvalue weighted by molar-refractivity contribution is -0.120. The molecule has 0 saturated heterocycles. The molecule has 0 spiro atoms. The van der Waals surface area contributed by atoms with Gasteiger partial charge in [0.15, 0.2) is 0 Å². The highest BCUT2D eigenvalue weighted by Crippen LogP contribution is 2.25. The molecule has 7 heteroatoms. The van der Waals surface area contributed by atoms with Gasteiger partial charge in [-0.05, 0) is 54.6 Å². The first kappa shape index (κ1) is 19.8. The predicted molar refractivity (Wildman–Crippen MR) is 111 cm³/mol. The van der Waals surface area contributed by atoms with Crippen LogP contribution in [0.2, 0.25) is 0 Å². The van der Waals surface area contributed by atoms with Gasteiger partial charge in [0.25, 0.3) is 11.8 Å². The zero-order valence-electron chi connectivity index (χ0n) is 15.4. The molecule has 1 aromatic carbocycles. The van der Waals surface area contributed by atoms with Gasteiger partial charge < -0.3 is 5.32 Å². The maximum absolute atomic E-state index is 12.3. The molecule has 0 radical (unpaired) electrons. The lowest BCUT2D eigenvalue weighted by Crippen LogP contribution is -2.40. The van der Waals surface area contributed by atoms with Crippen LogP contribution < -0.4 is 16.2 Å². The third-order valence-corrected chi connectivity index (χ3v) is 5.47. The molecule has 3 amide bonds. The molecule has 1 saturated carbocycles. The normalized spacial score (nSPS) is 14.6. The Morgan fingerprint density at radius 1 is 0.964 bits per heavy atom. The minimum absolute atomic E-state index is 0.0432. The summed E-state index contributed by atoms with van der Waals surface area (Å²) in [5.41, 5.74) is 5.76. The number of carbonyl (C=O) groups is 3. The third-order valence-electron chi connectivity index (χ3n) is 4.63. The van der Waals surface area contributed by atoms with Crippen molar-refractivity contribution < 1.29 is 14.4 Å². The molecular formula is C21H23N3O3S. The van der Waals surface area contributed by atoms with Gasteiger partial charge in [0.05, 0.1) is 0 Å². The number of hydrogen-bond acceptors (Lipinski definition) is 4. The van der Waals surface area contributed by atoms with Crippen molar-refractivity contribution in [3.63, 3.8) is 0 Å². The first-order chi connectivity index (χ1) is 13.6. The van der Waals surface area contributed by atoms with Crippen molar-refractivity contribution in [1.29, 1.82) is 0 Å². The molecule has 0 unspecified atom stereocenters. The number of anilines is 1. The molecule has 0 aliphatic heterocycles. The number of rotatable bonds is 5. The number of benzene rings is 1. The van der Waals surface area contributed by atoms with Crippen LogP contribution in [0.4, 0.5) is 5.69 Å². The van der Waals surface area contributed by atoms with Crippen LogP contribution in [0.3, 0.4) is 0 Å². The summed E-state index contributed by atoms with van der Waals surface area (Å²) in [5, 5.41) is 4.83. The summed E-state index contributed by atoms with van der Waals surface area (Å²) in [4.78, 5) is 37.1. The van der Waals surface area contributed by atoms with E-state index < -0.39 is 11.8 Å². The Labute approximate surface area is 168 Å². The highest BCUT2D eigenvalue weighted by Gasteiger charge is 2.21. The van der Waals surface area contributed by atoms with E-state index in [0.29, 0.717) is 11.3 Å². The van der Waals surface area contributed by atoms with Crippen LogP contribution in [0, 0.1) is 5.92 Å². The summed E-state index contributed by atoms with van der Waals surface area (Å²) in [5.74, 6) is -0.725. The van der Waals surface area contributed by atoms with Gasteiger partial charge in [-0.2, -0.15) is 0 Å². The summed E-state index contributed by atoms with van der Waals surface area (Å²) >= 11 is 1.52. The second kappa shape index (κ2) is 9.85. The number of thiophene rings is 1. The van der Waals surface area contributed by atoms with E-state index in [0.717, 1.165) is 30.6 Å².